The van der Waals surface area contributed by atoms with Crippen LogP contribution in [0.15, 0.2) is 41.6 Å². The molecule has 19 heavy (non-hydrogen) atoms. The van der Waals surface area contributed by atoms with Crippen molar-refractivity contribution in [2.75, 3.05) is 0 Å². The highest BCUT2D eigenvalue weighted by molar-refractivity contribution is 7.89. The molecule has 7 heteroatoms. The van der Waals surface area contributed by atoms with E-state index in [-0.39, 0.29) is 11.1 Å². The normalized spacial score (nSPS) is 22.9. The van der Waals surface area contributed by atoms with Crippen LogP contribution in [0.3, 0.4) is 0 Å². The molecule has 0 saturated heterocycles. The van der Waals surface area contributed by atoms with Crippen molar-refractivity contribution in [3.05, 3.63) is 42.1 Å². The Morgan fingerprint density at radius 1 is 1.21 bits per heavy atom. The van der Waals surface area contributed by atoms with Crippen LogP contribution in [-0.4, -0.2) is 29.9 Å². The maximum Gasteiger partial charge on any atom is 0.261 e. The van der Waals surface area contributed by atoms with E-state index >= 15 is 0 Å². The molecule has 1 saturated carbocycles. The first-order valence-electron chi connectivity index (χ1n) is 6.08. The molecule has 1 aliphatic rings. The number of nitrogens with one attached hydrogen (secondary N) is 2. The maximum absolute atomic E-state index is 11.9. The highest BCUT2D eigenvalue weighted by Crippen LogP contribution is 2.37. The zero-order chi connectivity index (χ0) is 13.3. The van der Waals surface area contributed by atoms with E-state index in [0.717, 1.165) is 12.8 Å². The maximum atomic E-state index is 11.9. The fraction of sp³-hybridized carbons (Fsp3) is 0.333. The monoisotopic (exact) mass is 278 g/mol. The van der Waals surface area contributed by atoms with Crippen molar-refractivity contribution in [1.29, 1.82) is 0 Å². The Hall–Kier alpha value is -1.73. The number of rotatable bonds is 4. The molecule has 100 valence electrons. The van der Waals surface area contributed by atoms with Crippen LogP contribution in [0.5, 0.6) is 0 Å². The minimum atomic E-state index is -3.54. The molecule has 2 N–H and O–H groups in total. The summed E-state index contributed by atoms with van der Waals surface area (Å²) in [5.41, 5.74) is 1.26. The average molecular weight is 278 g/mol. The van der Waals surface area contributed by atoms with Crippen molar-refractivity contribution >= 4 is 10.0 Å². The molecular weight excluding hydrogens is 264 g/mol. The smallest absolute Gasteiger partial charge is 0.207 e. The first kappa shape index (κ1) is 12.3. The second kappa shape index (κ2) is 4.75. The van der Waals surface area contributed by atoms with Crippen molar-refractivity contribution in [3.8, 4) is 0 Å². The van der Waals surface area contributed by atoms with Crippen LogP contribution in [0.25, 0.3) is 0 Å². The Bertz CT molecular complexity index is 634. The van der Waals surface area contributed by atoms with Gasteiger partial charge < -0.3 is 0 Å². The van der Waals surface area contributed by atoms with Gasteiger partial charge in [0.05, 0.1) is 6.20 Å². The molecule has 1 aromatic carbocycles. The highest BCUT2D eigenvalue weighted by Gasteiger charge is 2.34. The zero-order valence-electron chi connectivity index (χ0n) is 10.2. The van der Waals surface area contributed by atoms with Gasteiger partial charge >= 0.3 is 0 Å². The third-order valence-electron chi connectivity index (χ3n) is 3.40. The number of nitrogens with zero attached hydrogens (tertiary/aromatic N) is 2. The molecule has 6 nitrogen and oxygen atoms in total. The molecule has 1 aliphatic carbocycles. The van der Waals surface area contributed by atoms with E-state index in [1.54, 1.807) is 0 Å². The van der Waals surface area contributed by atoms with Crippen molar-refractivity contribution in [2.24, 2.45) is 0 Å². The number of sulfonamides is 1. The van der Waals surface area contributed by atoms with Gasteiger partial charge in [-0.25, -0.2) is 13.1 Å². The standard InChI is InChI=1S/C12H14N4O2S/c17-19(18,12-8-13-16-14-12)15-11-6-10(7-11)9-4-2-1-3-5-9/h1-5,8,10-11,15H,6-7H2,(H,13,14,16). The number of aromatic nitrogens is 3. The first-order chi connectivity index (χ1) is 9.15. The molecule has 0 amide bonds. The lowest BCUT2D eigenvalue weighted by Gasteiger charge is -2.35. The van der Waals surface area contributed by atoms with Crippen LogP contribution in [0.2, 0.25) is 0 Å². The van der Waals surface area contributed by atoms with E-state index in [0.29, 0.717) is 5.92 Å². The molecule has 2 aromatic rings. The van der Waals surface area contributed by atoms with Gasteiger partial charge in [-0.3, -0.25) is 0 Å². The van der Waals surface area contributed by atoms with Crippen LogP contribution in [0, 0.1) is 0 Å². The Kier molecular flexibility index (Phi) is 3.08. The van der Waals surface area contributed by atoms with Gasteiger partial charge in [0.15, 0.2) is 0 Å². The van der Waals surface area contributed by atoms with Crippen molar-refractivity contribution < 1.29 is 8.42 Å². The van der Waals surface area contributed by atoms with Crippen LogP contribution < -0.4 is 4.72 Å². The molecule has 1 heterocycles. The summed E-state index contributed by atoms with van der Waals surface area (Å²) >= 11 is 0. The van der Waals surface area contributed by atoms with Gasteiger partial charge in [-0.15, -0.1) is 5.10 Å². The van der Waals surface area contributed by atoms with Gasteiger partial charge in [-0.05, 0) is 24.3 Å². The Morgan fingerprint density at radius 2 is 1.95 bits per heavy atom. The molecule has 1 aromatic heterocycles. The summed E-state index contributed by atoms with van der Waals surface area (Å²) in [5, 5.41) is 9.34. The lowest BCUT2D eigenvalue weighted by Crippen LogP contribution is -2.43. The lowest BCUT2D eigenvalue weighted by atomic mass is 9.76. The number of hydrogen-bond donors (Lipinski definition) is 2. The van der Waals surface area contributed by atoms with E-state index in [9.17, 15) is 8.42 Å². The van der Waals surface area contributed by atoms with Crippen molar-refractivity contribution in [1.82, 2.24) is 20.1 Å². The molecule has 3 rings (SSSR count). The third-order valence-corrected chi connectivity index (χ3v) is 4.79. The second-order valence-electron chi connectivity index (χ2n) is 4.71. The molecule has 0 bridgehead atoms. The predicted octanol–water partition coefficient (Wildman–Crippen LogP) is 1.03. The highest BCUT2D eigenvalue weighted by atomic mass is 32.2. The molecule has 1 fully saturated rings. The summed E-state index contributed by atoms with van der Waals surface area (Å²) in [4.78, 5) is 0. The number of H-pyrrole nitrogens is 1. The summed E-state index contributed by atoms with van der Waals surface area (Å²) in [7, 11) is -3.54. The molecule has 0 atom stereocenters. The summed E-state index contributed by atoms with van der Waals surface area (Å²) in [6.07, 6.45) is 2.85. The minimum Gasteiger partial charge on any atom is -0.207 e. The van der Waals surface area contributed by atoms with Crippen molar-refractivity contribution in [3.63, 3.8) is 0 Å². The molecule has 0 radical (unpaired) electrons. The van der Waals surface area contributed by atoms with E-state index in [2.05, 4.69) is 32.3 Å². The van der Waals surface area contributed by atoms with Gasteiger partial charge in [0, 0.05) is 6.04 Å². The Balaban J connectivity index is 1.61. The quantitative estimate of drug-likeness (QED) is 0.874. The topological polar surface area (TPSA) is 87.7 Å². The van der Waals surface area contributed by atoms with E-state index < -0.39 is 10.0 Å². The van der Waals surface area contributed by atoms with E-state index in [1.807, 2.05) is 18.2 Å². The lowest BCUT2D eigenvalue weighted by molar-refractivity contribution is 0.326. The van der Waals surface area contributed by atoms with E-state index in [4.69, 9.17) is 0 Å². The largest absolute Gasteiger partial charge is 0.261 e. The second-order valence-corrected chi connectivity index (χ2v) is 6.37. The SMILES string of the molecule is O=S(=O)(NC1CC(c2ccccc2)C1)c1cn[nH]n1. The van der Waals surface area contributed by atoms with Gasteiger partial charge in [0.25, 0.3) is 10.0 Å². The minimum absolute atomic E-state index is 0.0214. The van der Waals surface area contributed by atoms with Gasteiger partial charge in [-0.1, -0.05) is 30.3 Å². The molecular formula is C12H14N4O2S. The van der Waals surface area contributed by atoms with Gasteiger partial charge in [0.2, 0.25) is 5.03 Å². The van der Waals surface area contributed by atoms with E-state index in [1.165, 1.54) is 11.8 Å². The number of benzene rings is 1. The predicted molar refractivity (Wildman–Crippen MR) is 68.9 cm³/mol. The van der Waals surface area contributed by atoms with Crippen molar-refractivity contribution in [2.45, 2.75) is 29.8 Å². The fourth-order valence-electron chi connectivity index (χ4n) is 2.31. The van der Waals surface area contributed by atoms with Gasteiger partial charge in [0.1, 0.15) is 0 Å². The van der Waals surface area contributed by atoms with Crippen LogP contribution >= 0.6 is 0 Å². The van der Waals surface area contributed by atoms with Crippen LogP contribution in [-0.2, 0) is 10.0 Å². The summed E-state index contributed by atoms with van der Waals surface area (Å²) in [5.74, 6) is 0.436. The van der Waals surface area contributed by atoms with Crippen LogP contribution in [0.1, 0.15) is 24.3 Å². The third kappa shape index (κ3) is 2.52. The van der Waals surface area contributed by atoms with Gasteiger partial charge in [-0.2, -0.15) is 10.3 Å². The fourth-order valence-corrected chi connectivity index (χ4v) is 3.42. The Morgan fingerprint density at radius 3 is 2.58 bits per heavy atom. The summed E-state index contributed by atoms with van der Waals surface area (Å²) < 4.78 is 26.5. The molecule has 0 spiro atoms. The Labute approximate surface area is 111 Å². The van der Waals surface area contributed by atoms with Crippen LogP contribution in [0.4, 0.5) is 0 Å². The molecule has 0 unspecified atom stereocenters. The zero-order valence-corrected chi connectivity index (χ0v) is 11.0. The number of aromatic amines is 1. The summed E-state index contributed by atoms with van der Waals surface area (Å²) in [6, 6.07) is 10.1. The molecule has 0 aliphatic heterocycles. The average Bonchev–Trinajstić information content (AvgIpc) is 2.89. The number of hydrogen-bond acceptors (Lipinski definition) is 4. The first-order valence-corrected chi connectivity index (χ1v) is 7.56. The summed E-state index contributed by atoms with van der Waals surface area (Å²) in [6.45, 7) is 0.